The van der Waals surface area contributed by atoms with Crippen LogP contribution >= 0.6 is 0 Å². The van der Waals surface area contributed by atoms with E-state index in [1.807, 2.05) is 0 Å². The lowest BCUT2D eigenvalue weighted by atomic mass is 10.0. The molecule has 2 atom stereocenters. The molecular formula is C26H32F2N4O5S. The number of rotatable bonds is 6. The third kappa shape index (κ3) is 6.06. The third-order valence-corrected chi connectivity index (χ3v) is 7.92. The summed E-state index contributed by atoms with van der Waals surface area (Å²) < 4.78 is 56.0. The fraction of sp³-hybridized carbons (Fsp3) is 0.500. The highest BCUT2D eigenvalue weighted by Crippen LogP contribution is 2.56. The summed E-state index contributed by atoms with van der Waals surface area (Å²) in [5.74, 6) is -2.71. The van der Waals surface area contributed by atoms with Crippen molar-refractivity contribution in [2.24, 2.45) is 9.78 Å². The summed E-state index contributed by atoms with van der Waals surface area (Å²) in [6, 6.07) is 4.71. The Kier molecular flexibility index (Phi) is 7.39. The molecule has 1 saturated carbocycles. The van der Waals surface area contributed by atoms with Gasteiger partial charge in [0.2, 0.25) is 11.7 Å². The topological polar surface area (TPSA) is 110 Å². The van der Waals surface area contributed by atoms with Crippen molar-refractivity contribution in [2.75, 3.05) is 29.6 Å². The van der Waals surface area contributed by atoms with E-state index < -0.39 is 39.1 Å². The maximum Gasteiger partial charge on any atom is 0.442 e. The molecule has 0 radical (unpaired) electrons. The average Bonchev–Trinajstić information content (AvgIpc) is 3.46. The van der Waals surface area contributed by atoms with E-state index in [-0.39, 0.29) is 28.7 Å². The Morgan fingerprint density at radius 3 is 2.61 bits per heavy atom. The number of nitrogens with zero attached hydrogens (tertiary/aromatic N) is 3. The van der Waals surface area contributed by atoms with Crippen LogP contribution in [-0.2, 0) is 19.3 Å². The van der Waals surface area contributed by atoms with Crippen LogP contribution < -0.4 is 15.0 Å². The van der Waals surface area contributed by atoms with Gasteiger partial charge in [0.15, 0.2) is 11.6 Å². The Bertz CT molecular complexity index is 1380. The van der Waals surface area contributed by atoms with E-state index in [2.05, 4.69) is 14.7 Å². The van der Waals surface area contributed by atoms with E-state index in [1.165, 1.54) is 30.7 Å². The zero-order chi connectivity index (χ0) is 27.9. The lowest BCUT2D eigenvalue weighted by molar-refractivity contribution is -0.117. The summed E-state index contributed by atoms with van der Waals surface area (Å²) in [7, 11) is -3.26. The molecule has 2 aromatic rings. The van der Waals surface area contributed by atoms with Crippen molar-refractivity contribution in [1.29, 1.82) is 0 Å². The second kappa shape index (κ2) is 10.1. The molecular weight excluding hydrogens is 518 g/mol. The zero-order valence-corrected chi connectivity index (χ0v) is 22.9. The largest absolute Gasteiger partial charge is 0.489 e. The molecule has 0 bridgehead atoms. The number of amides is 2. The number of hydrogen-bond acceptors (Lipinski definition) is 7. The number of benzene rings is 1. The molecule has 206 valence electrons. The van der Waals surface area contributed by atoms with E-state index in [4.69, 9.17) is 9.47 Å². The molecule has 2 amide bonds. The van der Waals surface area contributed by atoms with Gasteiger partial charge in [0.1, 0.15) is 26.4 Å². The summed E-state index contributed by atoms with van der Waals surface area (Å²) in [6.07, 6.45) is 4.05. The van der Waals surface area contributed by atoms with Crippen LogP contribution in [-0.4, -0.2) is 52.2 Å². The summed E-state index contributed by atoms with van der Waals surface area (Å²) >= 11 is 0. The maximum absolute atomic E-state index is 14.6. The van der Waals surface area contributed by atoms with E-state index in [1.54, 1.807) is 32.6 Å². The van der Waals surface area contributed by atoms with E-state index in [9.17, 15) is 22.6 Å². The Balaban J connectivity index is 1.59. The number of carbonyl (C=O) groups is 2. The van der Waals surface area contributed by atoms with Crippen molar-refractivity contribution in [3.05, 3.63) is 42.1 Å². The molecule has 12 heteroatoms. The Morgan fingerprint density at radius 1 is 1.26 bits per heavy atom. The second-order valence-electron chi connectivity index (χ2n) is 10.7. The second-order valence-corrected chi connectivity index (χ2v) is 12.9. The minimum atomic E-state index is -3.26. The first-order valence-electron chi connectivity index (χ1n) is 12.3. The molecule has 4 rings (SSSR count). The van der Waals surface area contributed by atoms with Crippen molar-refractivity contribution >= 4 is 33.1 Å². The number of anilines is 2. The van der Waals surface area contributed by atoms with Crippen molar-refractivity contribution < 1.29 is 32.1 Å². The average molecular weight is 551 g/mol. The zero-order valence-electron chi connectivity index (χ0n) is 22.0. The minimum absolute atomic E-state index is 0.00216. The first-order valence-corrected chi connectivity index (χ1v) is 14.3. The monoisotopic (exact) mass is 550 g/mol. The van der Waals surface area contributed by atoms with Crippen molar-refractivity contribution in [3.63, 3.8) is 0 Å². The van der Waals surface area contributed by atoms with Gasteiger partial charge in [0.05, 0.1) is 12.3 Å². The van der Waals surface area contributed by atoms with E-state index >= 15 is 0 Å². The van der Waals surface area contributed by atoms with Gasteiger partial charge in [0, 0.05) is 24.7 Å². The molecule has 38 heavy (non-hydrogen) atoms. The SMILES string of the molecule is CCOc1c(N2CC3(CC3)CC2C(=O)Nc2ccnc(S(C)(=O)=NC(=O)OC(C)(C)C)c2)ccc(F)c1F. The fourth-order valence-corrected chi connectivity index (χ4v) is 5.52. The number of halogens is 2. The molecule has 2 fully saturated rings. The van der Waals surface area contributed by atoms with Crippen molar-refractivity contribution in [2.45, 2.75) is 63.6 Å². The normalized spacial score (nSPS) is 19.6. The summed E-state index contributed by atoms with van der Waals surface area (Å²) in [5, 5.41) is 2.82. The number of aromatic nitrogens is 1. The molecule has 1 aromatic heterocycles. The van der Waals surface area contributed by atoms with Crippen molar-refractivity contribution in [1.82, 2.24) is 4.98 Å². The lowest BCUT2D eigenvalue weighted by Crippen LogP contribution is -2.40. The third-order valence-electron chi connectivity index (χ3n) is 6.43. The van der Waals surface area contributed by atoms with E-state index in [0.29, 0.717) is 24.3 Å². The number of pyridine rings is 1. The first-order chi connectivity index (χ1) is 17.7. The van der Waals surface area contributed by atoms with Crippen molar-refractivity contribution in [3.8, 4) is 5.75 Å². The van der Waals surface area contributed by atoms with Gasteiger partial charge in [-0.2, -0.15) is 4.39 Å². The van der Waals surface area contributed by atoms with Gasteiger partial charge in [-0.1, -0.05) is 0 Å². The highest BCUT2D eigenvalue weighted by atomic mass is 32.2. The number of nitrogens with one attached hydrogen (secondary N) is 1. The van der Waals surface area contributed by atoms with Crippen LogP contribution in [0, 0.1) is 17.0 Å². The van der Waals surface area contributed by atoms with Crippen LogP contribution in [0.25, 0.3) is 0 Å². The number of ether oxygens (including phenoxy) is 2. The van der Waals surface area contributed by atoms with Gasteiger partial charge in [-0.3, -0.25) is 4.79 Å². The predicted octanol–water partition coefficient (Wildman–Crippen LogP) is 5.15. The van der Waals surface area contributed by atoms with Gasteiger partial charge in [-0.25, -0.2) is 18.4 Å². The Hall–Kier alpha value is -3.28. The molecule has 1 aromatic carbocycles. The molecule has 1 spiro atoms. The van der Waals surface area contributed by atoms with Crippen LogP contribution in [0.4, 0.5) is 25.0 Å². The molecule has 2 heterocycles. The Labute approximate surface area is 221 Å². The quantitative estimate of drug-likeness (QED) is 0.530. The maximum atomic E-state index is 14.6. The van der Waals surface area contributed by atoms with Gasteiger partial charge < -0.3 is 19.7 Å². The molecule has 2 unspecified atom stereocenters. The molecule has 1 N–H and O–H groups in total. The highest BCUT2D eigenvalue weighted by Gasteiger charge is 2.54. The van der Waals surface area contributed by atoms with E-state index in [0.717, 1.165) is 18.9 Å². The van der Waals surface area contributed by atoms with Crippen LogP contribution in [0.3, 0.4) is 0 Å². The smallest absolute Gasteiger partial charge is 0.442 e. The summed E-state index contributed by atoms with van der Waals surface area (Å²) in [5.41, 5.74) is -0.246. The molecule has 9 nitrogen and oxygen atoms in total. The minimum Gasteiger partial charge on any atom is -0.489 e. The summed E-state index contributed by atoms with van der Waals surface area (Å²) in [6.45, 7) is 7.32. The van der Waals surface area contributed by atoms with Crippen LogP contribution in [0.5, 0.6) is 5.75 Å². The van der Waals surface area contributed by atoms with Gasteiger partial charge in [-0.05, 0) is 76.6 Å². The van der Waals surface area contributed by atoms with Crippen LogP contribution in [0.2, 0.25) is 0 Å². The molecule has 2 aliphatic rings. The number of hydrogen-bond donors (Lipinski definition) is 1. The molecule has 1 aliphatic heterocycles. The summed E-state index contributed by atoms with van der Waals surface area (Å²) in [4.78, 5) is 31.4. The van der Waals surface area contributed by atoms with Gasteiger partial charge >= 0.3 is 6.09 Å². The molecule has 1 saturated heterocycles. The first kappa shape index (κ1) is 27.7. The number of carbonyl (C=O) groups excluding carboxylic acids is 2. The molecule has 1 aliphatic carbocycles. The Morgan fingerprint density at radius 2 is 1.97 bits per heavy atom. The van der Waals surface area contributed by atoms with Crippen LogP contribution in [0.1, 0.15) is 47.0 Å². The lowest BCUT2D eigenvalue weighted by Gasteiger charge is -2.28. The van der Waals surface area contributed by atoms with Gasteiger partial charge in [0.25, 0.3) is 0 Å². The highest BCUT2D eigenvalue weighted by molar-refractivity contribution is 7.93. The fourth-order valence-electron chi connectivity index (χ4n) is 4.50. The standard InChI is InChI=1S/C26H32F2N4O5S/c1-6-36-22-18(8-7-17(27)21(22)28)32-15-26(10-11-26)14-19(32)23(33)30-16-9-12-29-20(13-16)38(5,35)31-24(34)37-25(2,3)4/h7-9,12-13,19H,6,10-11,14-15H2,1-5H3,(H,29,30,33). The predicted molar refractivity (Wildman–Crippen MR) is 139 cm³/mol. The van der Waals surface area contributed by atoms with Gasteiger partial charge in [-0.15, -0.1) is 4.36 Å². The van der Waals surface area contributed by atoms with Crippen LogP contribution in [0.15, 0.2) is 39.9 Å².